The van der Waals surface area contributed by atoms with E-state index in [1.54, 1.807) is 0 Å². The second-order valence-corrected chi connectivity index (χ2v) is 33.7. The SMILES string of the molecule is CC1(C)O[C@@H]2[C@H](O[Si](C)(C)C(C)(C)C)[C@@H](O[Si](C)(C)C(C)(C)C)[C@H]3C[C@@H]([C@@H](O[Si](C)(C)C(C)(C)C)[C@H]2O1)N(Cc1ccccc1)C3=O. The van der Waals surface area contributed by atoms with Crippen molar-refractivity contribution in [1.82, 2.24) is 4.90 Å². The zero-order chi connectivity index (χ0) is 35.8. The summed E-state index contributed by atoms with van der Waals surface area (Å²) in [4.78, 5) is 17.1. The average molecular weight is 706 g/mol. The van der Waals surface area contributed by atoms with E-state index in [-0.39, 0.29) is 39.1 Å². The first-order valence-electron chi connectivity index (χ1n) is 17.8. The Bertz CT molecular complexity index is 1260. The predicted octanol–water partition coefficient (Wildman–Crippen LogP) is 9.11. The fourth-order valence-corrected chi connectivity index (χ4v) is 10.3. The number of carbonyl (C=O) groups is 1. The van der Waals surface area contributed by atoms with Crippen molar-refractivity contribution in [1.29, 1.82) is 0 Å². The molecule has 10 heteroatoms. The zero-order valence-corrected chi connectivity index (χ0v) is 35.7. The zero-order valence-electron chi connectivity index (χ0n) is 32.7. The maximum absolute atomic E-state index is 15.0. The van der Waals surface area contributed by atoms with Crippen LogP contribution in [0, 0.1) is 5.92 Å². The molecule has 0 N–H and O–H groups in total. The van der Waals surface area contributed by atoms with Crippen molar-refractivity contribution in [2.24, 2.45) is 5.92 Å². The second kappa shape index (κ2) is 12.7. The molecule has 268 valence electrons. The van der Waals surface area contributed by atoms with Crippen LogP contribution in [-0.4, -0.2) is 78.1 Å². The van der Waals surface area contributed by atoms with Crippen LogP contribution in [0.5, 0.6) is 0 Å². The molecule has 0 spiro atoms. The normalized spacial score (nSPS) is 30.7. The van der Waals surface area contributed by atoms with Gasteiger partial charge in [-0.1, -0.05) is 92.6 Å². The smallest absolute Gasteiger partial charge is 0.229 e. The van der Waals surface area contributed by atoms with Crippen molar-refractivity contribution in [3.8, 4) is 0 Å². The van der Waals surface area contributed by atoms with Gasteiger partial charge in [-0.3, -0.25) is 4.79 Å². The number of fused-ring (bicyclic) bond motifs is 3. The molecule has 1 saturated carbocycles. The summed E-state index contributed by atoms with van der Waals surface area (Å²) in [5.74, 6) is -1.11. The largest absolute Gasteiger partial charge is 0.410 e. The first kappa shape index (κ1) is 38.9. The number of rotatable bonds is 8. The molecule has 1 aromatic rings. The molecule has 3 fully saturated rings. The number of hydrogen-bond acceptors (Lipinski definition) is 6. The van der Waals surface area contributed by atoms with E-state index < -0.39 is 55.2 Å². The van der Waals surface area contributed by atoms with E-state index in [9.17, 15) is 4.79 Å². The maximum atomic E-state index is 15.0. The highest BCUT2D eigenvalue weighted by Gasteiger charge is 2.64. The van der Waals surface area contributed by atoms with Crippen LogP contribution in [0.3, 0.4) is 0 Å². The summed E-state index contributed by atoms with van der Waals surface area (Å²) in [6.45, 7) is 38.6. The molecule has 7 atom stereocenters. The molecule has 3 aliphatic rings. The van der Waals surface area contributed by atoms with Gasteiger partial charge in [0.25, 0.3) is 0 Å². The summed E-state index contributed by atoms with van der Waals surface area (Å²) in [6.07, 6.45) is -1.60. The highest BCUT2D eigenvalue weighted by atomic mass is 28.4. The van der Waals surface area contributed by atoms with Gasteiger partial charge in [0, 0.05) is 6.54 Å². The molecule has 7 nitrogen and oxygen atoms in total. The van der Waals surface area contributed by atoms with Gasteiger partial charge in [-0.15, -0.1) is 0 Å². The third-order valence-corrected chi connectivity index (χ3v) is 25.7. The lowest BCUT2D eigenvalue weighted by molar-refractivity contribution is -0.167. The van der Waals surface area contributed by atoms with E-state index >= 15 is 0 Å². The Hall–Kier alpha value is -0.859. The van der Waals surface area contributed by atoms with E-state index in [0.29, 0.717) is 13.0 Å². The van der Waals surface area contributed by atoms with Gasteiger partial charge in [-0.2, -0.15) is 0 Å². The van der Waals surface area contributed by atoms with Crippen LogP contribution < -0.4 is 0 Å². The van der Waals surface area contributed by atoms with Crippen molar-refractivity contribution in [3.05, 3.63) is 35.9 Å². The Morgan fingerprint density at radius 1 is 0.702 bits per heavy atom. The van der Waals surface area contributed by atoms with Crippen molar-refractivity contribution < 1.29 is 27.5 Å². The van der Waals surface area contributed by atoms with Gasteiger partial charge in [0.15, 0.2) is 30.7 Å². The highest BCUT2D eigenvalue weighted by Crippen LogP contribution is 2.51. The predicted molar refractivity (Wildman–Crippen MR) is 199 cm³/mol. The summed E-state index contributed by atoms with van der Waals surface area (Å²) in [7, 11) is -7.09. The van der Waals surface area contributed by atoms with Crippen LogP contribution >= 0.6 is 0 Å². The van der Waals surface area contributed by atoms with E-state index in [0.717, 1.165) is 5.56 Å². The molecule has 1 amide bonds. The number of benzene rings is 1. The van der Waals surface area contributed by atoms with Gasteiger partial charge in [-0.25, -0.2) is 0 Å². The van der Waals surface area contributed by atoms with E-state index in [1.165, 1.54) is 0 Å². The first-order valence-corrected chi connectivity index (χ1v) is 26.5. The fourth-order valence-electron chi connectivity index (χ4n) is 6.37. The monoisotopic (exact) mass is 705 g/mol. The van der Waals surface area contributed by atoms with E-state index in [4.69, 9.17) is 22.8 Å². The molecule has 0 unspecified atom stereocenters. The summed E-state index contributed by atoms with van der Waals surface area (Å²) in [5, 5.41) is -0.140. The van der Waals surface area contributed by atoms with Crippen molar-refractivity contribution in [3.63, 3.8) is 0 Å². The highest BCUT2D eigenvalue weighted by molar-refractivity contribution is 6.75. The molecule has 2 bridgehead atoms. The summed E-state index contributed by atoms with van der Waals surface area (Å²) < 4.78 is 36.2. The van der Waals surface area contributed by atoms with Gasteiger partial charge in [-0.05, 0) is 80.2 Å². The average Bonchev–Trinajstić information content (AvgIpc) is 3.38. The van der Waals surface area contributed by atoms with Crippen LogP contribution in [0.1, 0.15) is 88.1 Å². The standard InChI is InChI=1S/C37H67NO6Si3/c1-34(2,3)45(12,13)42-28-26-23-27(38(33(26)39)24-25-21-19-18-20-22-25)29(43-46(14,15)35(4,5)6)30-31(41-37(10,11)40-30)32(28)44-47(16,17)36(7,8)9/h18-22,26-32H,23-24H2,1-17H3/t26-,27+,28+,29-,30-,31+,32-/m1/s1. The van der Waals surface area contributed by atoms with Crippen molar-refractivity contribution in [2.75, 3.05) is 0 Å². The summed E-state index contributed by atoms with van der Waals surface area (Å²) in [5.41, 5.74) is 1.10. The molecule has 4 rings (SSSR count). The third-order valence-electron chi connectivity index (χ3n) is 12.3. The molecular formula is C37H67NO6Si3. The number of hydrogen-bond donors (Lipinski definition) is 0. The van der Waals surface area contributed by atoms with Crippen LogP contribution in [0.4, 0.5) is 0 Å². The minimum Gasteiger partial charge on any atom is -0.410 e. The first-order chi connectivity index (χ1) is 21.1. The quantitative estimate of drug-likeness (QED) is 0.252. The summed E-state index contributed by atoms with van der Waals surface area (Å²) in [6, 6.07) is 10.1. The van der Waals surface area contributed by atoms with Gasteiger partial charge >= 0.3 is 0 Å². The van der Waals surface area contributed by atoms with Gasteiger partial charge in [0.2, 0.25) is 5.91 Å². The van der Waals surface area contributed by atoms with Gasteiger partial charge < -0.3 is 27.7 Å². The van der Waals surface area contributed by atoms with Gasteiger partial charge in [0.05, 0.1) is 30.3 Å². The van der Waals surface area contributed by atoms with E-state index in [2.05, 4.69) is 119 Å². The van der Waals surface area contributed by atoms with Crippen molar-refractivity contribution in [2.45, 2.75) is 186 Å². The number of nitrogens with zero attached hydrogens (tertiary/aromatic N) is 1. The molecule has 47 heavy (non-hydrogen) atoms. The fraction of sp³-hybridized carbons (Fsp3) is 0.811. The Morgan fingerprint density at radius 2 is 1.11 bits per heavy atom. The number of likely N-dealkylation sites (tertiary alicyclic amines) is 1. The number of carbonyl (C=O) groups excluding carboxylic acids is 1. The Balaban J connectivity index is 1.97. The topological polar surface area (TPSA) is 66.5 Å². The minimum absolute atomic E-state index is 0.0306. The molecule has 2 aliphatic heterocycles. The van der Waals surface area contributed by atoms with Crippen molar-refractivity contribution >= 4 is 30.9 Å². The number of ether oxygens (including phenoxy) is 2. The Labute approximate surface area is 290 Å². The maximum Gasteiger partial charge on any atom is 0.229 e. The summed E-state index contributed by atoms with van der Waals surface area (Å²) >= 11 is 0. The third kappa shape index (κ3) is 7.90. The molecule has 2 heterocycles. The Morgan fingerprint density at radius 3 is 1.55 bits per heavy atom. The van der Waals surface area contributed by atoms with Crippen LogP contribution in [-0.2, 0) is 34.1 Å². The molecule has 0 aromatic heterocycles. The van der Waals surface area contributed by atoms with Crippen LogP contribution in [0.2, 0.25) is 54.4 Å². The van der Waals surface area contributed by atoms with Gasteiger partial charge in [0.1, 0.15) is 12.2 Å². The second-order valence-electron chi connectivity index (χ2n) is 19.5. The van der Waals surface area contributed by atoms with Crippen LogP contribution in [0.25, 0.3) is 0 Å². The molecule has 2 saturated heterocycles. The molecule has 1 aliphatic carbocycles. The molecule has 1 aromatic carbocycles. The Kier molecular flexibility index (Phi) is 10.5. The number of amides is 1. The van der Waals surface area contributed by atoms with Crippen LogP contribution in [0.15, 0.2) is 30.3 Å². The lowest BCUT2D eigenvalue weighted by atomic mass is 9.83. The minimum atomic E-state index is -2.39. The molecular weight excluding hydrogens is 639 g/mol. The lowest BCUT2D eigenvalue weighted by Gasteiger charge is -2.50. The van der Waals surface area contributed by atoms with E-state index in [1.807, 2.05) is 32.0 Å². The lowest BCUT2D eigenvalue weighted by Crippen LogP contribution is -2.63. The molecule has 0 radical (unpaired) electrons.